The molecule has 1 heterocycles. The molecule has 0 atom stereocenters. The first-order valence-electron chi connectivity index (χ1n) is 7.02. The van der Waals surface area contributed by atoms with Crippen molar-refractivity contribution in [3.05, 3.63) is 35.8 Å². The van der Waals surface area contributed by atoms with Crippen LogP contribution in [0.5, 0.6) is 0 Å². The topological polar surface area (TPSA) is 42.7 Å². The number of aromatic nitrogens is 3. The Bertz CT molecular complexity index is 563. The minimum Gasteiger partial charge on any atom is -0.310 e. The second-order valence-electron chi connectivity index (χ2n) is 5.18. The summed E-state index contributed by atoms with van der Waals surface area (Å²) in [4.78, 5) is 0. The van der Waals surface area contributed by atoms with Gasteiger partial charge in [0.1, 0.15) is 5.82 Å². The van der Waals surface area contributed by atoms with Gasteiger partial charge in [0.2, 0.25) is 0 Å². The van der Waals surface area contributed by atoms with Crippen LogP contribution in [0.3, 0.4) is 0 Å². The molecule has 0 spiro atoms. The molecule has 0 saturated carbocycles. The third kappa shape index (κ3) is 3.42. The van der Waals surface area contributed by atoms with E-state index in [1.807, 2.05) is 24.6 Å². The molecule has 0 radical (unpaired) electrons. The van der Waals surface area contributed by atoms with Crippen molar-refractivity contribution in [1.82, 2.24) is 20.3 Å². The lowest BCUT2D eigenvalue weighted by atomic mass is 10.1. The fraction of sp³-hybridized carbons (Fsp3) is 0.467. The zero-order chi connectivity index (χ0) is 14.5. The van der Waals surface area contributed by atoms with Crippen LogP contribution >= 0.6 is 0 Å². The molecule has 108 valence electrons. The largest absolute Gasteiger partial charge is 0.310 e. The highest BCUT2D eigenvalue weighted by Gasteiger charge is 2.10. The van der Waals surface area contributed by atoms with E-state index in [4.69, 9.17) is 0 Å². The average molecular weight is 276 g/mol. The molecule has 1 aromatic heterocycles. The normalized spacial score (nSPS) is 11.2. The fourth-order valence-corrected chi connectivity index (χ4v) is 2.04. The van der Waals surface area contributed by atoms with Gasteiger partial charge in [0, 0.05) is 30.3 Å². The number of nitrogens with zero attached hydrogens (tertiary/aromatic N) is 3. The van der Waals surface area contributed by atoms with E-state index in [2.05, 4.69) is 22.6 Å². The lowest BCUT2D eigenvalue weighted by Crippen LogP contribution is -2.22. The lowest BCUT2D eigenvalue weighted by Gasteiger charge is -2.11. The summed E-state index contributed by atoms with van der Waals surface area (Å²) in [5.41, 5.74) is 2.54. The van der Waals surface area contributed by atoms with E-state index in [0.717, 1.165) is 24.2 Å². The summed E-state index contributed by atoms with van der Waals surface area (Å²) < 4.78 is 15.7. The summed E-state index contributed by atoms with van der Waals surface area (Å²) in [6, 6.07) is 5.48. The molecule has 0 aliphatic heterocycles. The number of hydrogen-bond acceptors (Lipinski definition) is 3. The highest BCUT2D eigenvalue weighted by Crippen LogP contribution is 2.21. The van der Waals surface area contributed by atoms with Gasteiger partial charge in [-0.25, -0.2) is 9.07 Å². The van der Waals surface area contributed by atoms with Gasteiger partial charge < -0.3 is 5.32 Å². The molecule has 20 heavy (non-hydrogen) atoms. The van der Waals surface area contributed by atoms with E-state index in [1.54, 1.807) is 12.3 Å². The molecule has 4 nitrogen and oxygen atoms in total. The predicted octanol–water partition coefficient (Wildman–Crippen LogP) is 2.99. The van der Waals surface area contributed by atoms with E-state index in [1.165, 1.54) is 6.07 Å². The molecule has 0 aliphatic carbocycles. The van der Waals surface area contributed by atoms with E-state index < -0.39 is 0 Å². The van der Waals surface area contributed by atoms with Crippen molar-refractivity contribution >= 4 is 0 Å². The van der Waals surface area contributed by atoms with Gasteiger partial charge in [-0.1, -0.05) is 26.0 Å². The van der Waals surface area contributed by atoms with Gasteiger partial charge in [-0.3, -0.25) is 0 Å². The summed E-state index contributed by atoms with van der Waals surface area (Å²) in [5.74, 6) is -0.184. The second-order valence-corrected chi connectivity index (χ2v) is 5.18. The SMILES string of the molecule is CCCn1nncc1-c1ccc(F)c(CNC(C)C)c1. The number of benzene rings is 1. The third-order valence-electron chi connectivity index (χ3n) is 3.10. The van der Waals surface area contributed by atoms with E-state index in [9.17, 15) is 4.39 Å². The van der Waals surface area contributed by atoms with Gasteiger partial charge in [0.05, 0.1) is 11.9 Å². The number of hydrogen-bond donors (Lipinski definition) is 1. The number of nitrogens with one attached hydrogen (secondary N) is 1. The van der Waals surface area contributed by atoms with Crippen molar-refractivity contribution in [3.8, 4) is 11.3 Å². The Kier molecular flexibility index (Phi) is 4.84. The summed E-state index contributed by atoms with van der Waals surface area (Å²) in [6.45, 7) is 7.51. The maximum Gasteiger partial charge on any atom is 0.127 e. The second kappa shape index (κ2) is 6.61. The zero-order valence-corrected chi connectivity index (χ0v) is 12.2. The molecule has 0 amide bonds. The van der Waals surface area contributed by atoms with Gasteiger partial charge >= 0.3 is 0 Å². The fourth-order valence-electron chi connectivity index (χ4n) is 2.04. The quantitative estimate of drug-likeness (QED) is 0.882. The van der Waals surface area contributed by atoms with Crippen LogP contribution in [0.1, 0.15) is 32.8 Å². The monoisotopic (exact) mass is 276 g/mol. The first-order chi connectivity index (χ1) is 9.61. The Morgan fingerprint density at radius 2 is 2.15 bits per heavy atom. The van der Waals surface area contributed by atoms with Crippen LogP contribution in [-0.2, 0) is 13.1 Å². The molecule has 0 unspecified atom stereocenters. The van der Waals surface area contributed by atoms with Gasteiger partial charge in [-0.15, -0.1) is 5.10 Å². The third-order valence-corrected chi connectivity index (χ3v) is 3.10. The maximum atomic E-state index is 13.8. The first kappa shape index (κ1) is 14.7. The number of halogens is 1. The van der Waals surface area contributed by atoms with Gasteiger partial charge in [0.25, 0.3) is 0 Å². The molecular weight excluding hydrogens is 255 g/mol. The van der Waals surface area contributed by atoms with E-state index in [-0.39, 0.29) is 5.82 Å². The standard InChI is InChI=1S/C15H21FN4/c1-4-7-20-15(10-18-19-20)12-5-6-14(16)13(8-12)9-17-11(2)3/h5-6,8,10-11,17H,4,7,9H2,1-3H3. The summed E-state index contributed by atoms with van der Waals surface area (Å²) in [7, 11) is 0. The van der Waals surface area contributed by atoms with E-state index in [0.29, 0.717) is 18.2 Å². The van der Waals surface area contributed by atoms with Crippen LogP contribution in [0.2, 0.25) is 0 Å². The minimum atomic E-state index is -0.184. The minimum absolute atomic E-state index is 0.184. The highest BCUT2D eigenvalue weighted by atomic mass is 19.1. The summed E-state index contributed by atoms with van der Waals surface area (Å²) in [6.07, 6.45) is 2.71. The Morgan fingerprint density at radius 1 is 1.35 bits per heavy atom. The maximum absolute atomic E-state index is 13.8. The van der Waals surface area contributed by atoms with Crippen LogP contribution in [0, 0.1) is 5.82 Å². The molecule has 0 aliphatic rings. The molecule has 0 fully saturated rings. The van der Waals surface area contributed by atoms with Crippen LogP contribution < -0.4 is 5.32 Å². The molecular formula is C15H21FN4. The average Bonchev–Trinajstić information content (AvgIpc) is 2.86. The Labute approximate surface area is 119 Å². The Hall–Kier alpha value is -1.75. The molecule has 0 saturated heterocycles. The van der Waals surface area contributed by atoms with Crippen molar-refractivity contribution in [2.75, 3.05) is 0 Å². The van der Waals surface area contributed by atoms with Crippen molar-refractivity contribution in [3.63, 3.8) is 0 Å². The highest BCUT2D eigenvalue weighted by molar-refractivity contribution is 5.59. The molecule has 2 rings (SSSR count). The smallest absolute Gasteiger partial charge is 0.127 e. The van der Waals surface area contributed by atoms with Crippen molar-refractivity contribution in [2.45, 2.75) is 46.3 Å². The predicted molar refractivity (Wildman–Crippen MR) is 77.7 cm³/mol. The molecule has 1 aromatic carbocycles. The van der Waals surface area contributed by atoms with Gasteiger partial charge in [-0.05, 0) is 24.6 Å². The summed E-state index contributed by atoms with van der Waals surface area (Å²) >= 11 is 0. The van der Waals surface area contributed by atoms with Crippen LogP contribution in [-0.4, -0.2) is 21.0 Å². The van der Waals surface area contributed by atoms with Gasteiger partial charge in [-0.2, -0.15) is 0 Å². The first-order valence-corrected chi connectivity index (χ1v) is 7.02. The molecule has 0 bridgehead atoms. The van der Waals surface area contributed by atoms with Gasteiger partial charge in [0.15, 0.2) is 0 Å². The molecule has 1 N–H and O–H groups in total. The number of aryl methyl sites for hydroxylation is 1. The van der Waals surface area contributed by atoms with Crippen LogP contribution in [0.25, 0.3) is 11.3 Å². The Morgan fingerprint density at radius 3 is 2.85 bits per heavy atom. The molecule has 2 aromatic rings. The van der Waals surface area contributed by atoms with Crippen molar-refractivity contribution < 1.29 is 4.39 Å². The number of rotatable bonds is 6. The van der Waals surface area contributed by atoms with Crippen molar-refractivity contribution in [2.24, 2.45) is 0 Å². The van der Waals surface area contributed by atoms with E-state index >= 15 is 0 Å². The van der Waals surface area contributed by atoms with Crippen LogP contribution in [0.4, 0.5) is 4.39 Å². The zero-order valence-electron chi connectivity index (χ0n) is 12.2. The lowest BCUT2D eigenvalue weighted by molar-refractivity contribution is 0.553. The Balaban J connectivity index is 2.28. The molecule has 5 heteroatoms. The van der Waals surface area contributed by atoms with Crippen LogP contribution in [0.15, 0.2) is 24.4 Å². The van der Waals surface area contributed by atoms with Crippen molar-refractivity contribution in [1.29, 1.82) is 0 Å². The summed E-state index contributed by atoms with van der Waals surface area (Å²) in [5, 5.41) is 11.2.